The van der Waals surface area contributed by atoms with Crippen LogP contribution in [0.1, 0.15) is 40.0 Å². The number of unbranched alkanes of at least 4 members (excludes halogenated alkanes) is 1. The number of ether oxygens (including phenoxy) is 2. The zero-order valence-electron chi connectivity index (χ0n) is 15.7. The third-order valence-electron chi connectivity index (χ3n) is 3.58. The molecule has 23 heavy (non-hydrogen) atoms. The number of methoxy groups -OCH3 is 1. The molecule has 0 spiro atoms. The van der Waals surface area contributed by atoms with E-state index in [-0.39, 0.29) is 0 Å². The quantitative estimate of drug-likeness (QED) is 0.272. The first-order valence-electron chi connectivity index (χ1n) is 9.09. The molecular formula is C17H38N4O2. The molecule has 0 amide bonds. The molecule has 0 unspecified atom stereocenters. The molecule has 0 atom stereocenters. The molecule has 6 nitrogen and oxygen atoms in total. The van der Waals surface area contributed by atoms with Gasteiger partial charge in [-0.1, -0.05) is 13.8 Å². The van der Waals surface area contributed by atoms with Crippen molar-refractivity contribution in [3.05, 3.63) is 0 Å². The van der Waals surface area contributed by atoms with Crippen LogP contribution in [0.4, 0.5) is 0 Å². The lowest BCUT2D eigenvalue weighted by Crippen LogP contribution is -2.38. The Morgan fingerprint density at radius 1 is 0.957 bits per heavy atom. The van der Waals surface area contributed by atoms with E-state index in [1.165, 1.54) is 19.4 Å². The summed E-state index contributed by atoms with van der Waals surface area (Å²) in [7, 11) is 1.68. The van der Waals surface area contributed by atoms with Gasteiger partial charge in [-0.2, -0.15) is 0 Å². The number of guanidine groups is 1. The van der Waals surface area contributed by atoms with E-state index in [0.29, 0.717) is 13.2 Å². The molecular weight excluding hydrogens is 292 g/mol. The van der Waals surface area contributed by atoms with Gasteiger partial charge in [0.05, 0.1) is 13.2 Å². The average Bonchev–Trinajstić information content (AvgIpc) is 2.57. The third-order valence-corrected chi connectivity index (χ3v) is 3.58. The second kappa shape index (κ2) is 17.5. The molecule has 0 rings (SSSR count). The lowest BCUT2D eigenvalue weighted by atomic mass is 10.3. The molecule has 0 bridgehead atoms. The highest BCUT2D eigenvalue weighted by Crippen LogP contribution is 1.94. The fourth-order valence-corrected chi connectivity index (χ4v) is 2.15. The Labute approximate surface area is 143 Å². The molecule has 0 aliphatic heterocycles. The highest BCUT2D eigenvalue weighted by Gasteiger charge is 1.99. The van der Waals surface area contributed by atoms with Gasteiger partial charge in [-0.3, -0.25) is 4.99 Å². The van der Waals surface area contributed by atoms with Crippen molar-refractivity contribution in [3.63, 3.8) is 0 Å². The van der Waals surface area contributed by atoms with Crippen LogP contribution in [0.2, 0.25) is 0 Å². The molecule has 0 aromatic carbocycles. The van der Waals surface area contributed by atoms with Crippen LogP contribution >= 0.6 is 0 Å². The van der Waals surface area contributed by atoms with Crippen LogP contribution in [0.3, 0.4) is 0 Å². The van der Waals surface area contributed by atoms with Crippen LogP contribution < -0.4 is 10.6 Å². The lowest BCUT2D eigenvalue weighted by Gasteiger charge is -2.18. The molecule has 0 saturated heterocycles. The molecule has 0 aliphatic rings. The van der Waals surface area contributed by atoms with Crippen LogP contribution in [0.25, 0.3) is 0 Å². The highest BCUT2D eigenvalue weighted by molar-refractivity contribution is 5.79. The minimum absolute atomic E-state index is 0.654. The van der Waals surface area contributed by atoms with Gasteiger partial charge < -0.3 is 25.0 Å². The van der Waals surface area contributed by atoms with Crippen molar-refractivity contribution in [1.29, 1.82) is 0 Å². The summed E-state index contributed by atoms with van der Waals surface area (Å²) in [6.45, 7) is 14.7. The van der Waals surface area contributed by atoms with Crippen molar-refractivity contribution in [1.82, 2.24) is 15.5 Å². The van der Waals surface area contributed by atoms with Gasteiger partial charge in [0.25, 0.3) is 0 Å². The number of hydrogen-bond donors (Lipinski definition) is 2. The normalized spacial score (nSPS) is 12.0. The molecule has 138 valence electrons. The molecule has 0 heterocycles. The van der Waals surface area contributed by atoms with Crippen molar-refractivity contribution < 1.29 is 9.47 Å². The highest BCUT2D eigenvalue weighted by atomic mass is 16.5. The second-order valence-electron chi connectivity index (χ2n) is 5.38. The maximum atomic E-state index is 5.43. The van der Waals surface area contributed by atoms with Gasteiger partial charge in [0.15, 0.2) is 5.96 Å². The zero-order valence-corrected chi connectivity index (χ0v) is 15.7. The summed E-state index contributed by atoms with van der Waals surface area (Å²) in [5.41, 5.74) is 0. The van der Waals surface area contributed by atoms with Crippen LogP contribution in [0.15, 0.2) is 4.99 Å². The van der Waals surface area contributed by atoms with E-state index < -0.39 is 0 Å². The van der Waals surface area contributed by atoms with Gasteiger partial charge in [0.2, 0.25) is 0 Å². The molecule has 0 saturated carbocycles. The summed E-state index contributed by atoms with van der Waals surface area (Å²) < 4.78 is 10.4. The fraction of sp³-hybridized carbons (Fsp3) is 0.941. The monoisotopic (exact) mass is 330 g/mol. The Morgan fingerprint density at radius 2 is 1.74 bits per heavy atom. The topological polar surface area (TPSA) is 58.1 Å². The third kappa shape index (κ3) is 14.5. The maximum absolute atomic E-state index is 5.43. The Hall–Kier alpha value is -0.850. The Balaban J connectivity index is 3.73. The molecule has 0 radical (unpaired) electrons. The Bertz CT molecular complexity index is 271. The summed E-state index contributed by atoms with van der Waals surface area (Å²) in [6, 6.07) is 0. The Morgan fingerprint density at radius 3 is 2.39 bits per heavy atom. The fourth-order valence-electron chi connectivity index (χ4n) is 2.15. The number of aliphatic imine (C=N–C) groups is 1. The number of rotatable bonds is 15. The summed E-state index contributed by atoms with van der Waals surface area (Å²) in [6.07, 6.45) is 3.32. The van der Waals surface area contributed by atoms with Crippen molar-refractivity contribution >= 4 is 5.96 Å². The summed E-state index contributed by atoms with van der Waals surface area (Å²) >= 11 is 0. The van der Waals surface area contributed by atoms with Crippen molar-refractivity contribution in [3.8, 4) is 0 Å². The van der Waals surface area contributed by atoms with Crippen LogP contribution in [0.5, 0.6) is 0 Å². The first-order chi connectivity index (χ1) is 11.3. The van der Waals surface area contributed by atoms with E-state index in [0.717, 1.165) is 51.7 Å². The van der Waals surface area contributed by atoms with Gasteiger partial charge in [-0.05, 0) is 45.8 Å². The zero-order chi connectivity index (χ0) is 17.2. The van der Waals surface area contributed by atoms with Crippen LogP contribution in [-0.4, -0.2) is 77.1 Å². The van der Waals surface area contributed by atoms with Gasteiger partial charge in [0, 0.05) is 33.4 Å². The van der Waals surface area contributed by atoms with Gasteiger partial charge in [-0.15, -0.1) is 0 Å². The second-order valence-corrected chi connectivity index (χ2v) is 5.38. The van der Waals surface area contributed by atoms with Crippen LogP contribution in [0, 0.1) is 0 Å². The predicted molar refractivity (Wildman–Crippen MR) is 98.3 cm³/mol. The summed E-state index contributed by atoms with van der Waals surface area (Å²) in [4.78, 5) is 7.03. The van der Waals surface area contributed by atoms with Crippen molar-refractivity contribution in [2.24, 2.45) is 4.99 Å². The molecule has 0 aromatic rings. The largest absolute Gasteiger partial charge is 0.382 e. The van der Waals surface area contributed by atoms with Crippen molar-refractivity contribution in [2.75, 3.05) is 66.2 Å². The van der Waals surface area contributed by atoms with Crippen LogP contribution in [-0.2, 0) is 9.47 Å². The van der Waals surface area contributed by atoms with E-state index in [2.05, 4.69) is 41.3 Å². The molecule has 0 fully saturated rings. The number of nitrogens with one attached hydrogen (secondary N) is 2. The number of hydrogen-bond acceptors (Lipinski definition) is 4. The van der Waals surface area contributed by atoms with Gasteiger partial charge in [0.1, 0.15) is 0 Å². The summed E-state index contributed by atoms with van der Waals surface area (Å²) in [5.74, 6) is 0.909. The van der Waals surface area contributed by atoms with Crippen molar-refractivity contribution in [2.45, 2.75) is 40.0 Å². The molecule has 0 aromatic heterocycles. The standard InChI is InChI=1S/C17H38N4O2/c1-5-18-17(20-12-10-14-23-16-15-22-4)19-11-8-9-13-21(6-2)7-3/h5-16H2,1-4H3,(H2,18,19,20). The molecule has 2 N–H and O–H groups in total. The first-order valence-corrected chi connectivity index (χ1v) is 9.09. The molecule has 0 aliphatic carbocycles. The number of nitrogens with zero attached hydrogens (tertiary/aromatic N) is 2. The predicted octanol–water partition coefficient (Wildman–Crippen LogP) is 1.72. The molecule has 6 heteroatoms. The minimum atomic E-state index is 0.654. The van der Waals surface area contributed by atoms with E-state index in [1.807, 2.05) is 0 Å². The smallest absolute Gasteiger partial charge is 0.191 e. The Kier molecular flexibility index (Phi) is 16.9. The van der Waals surface area contributed by atoms with Gasteiger partial charge in [-0.25, -0.2) is 0 Å². The van der Waals surface area contributed by atoms with E-state index in [9.17, 15) is 0 Å². The maximum Gasteiger partial charge on any atom is 0.191 e. The van der Waals surface area contributed by atoms with E-state index >= 15 is 0 Å². The SMILES string of the molecule is CCNC(=NCCCOCCOC)NCCCCN(CC)CC. The first kappa shape index (κ1) is 22.1. The minimum Gasteiger partial charge on any atom is -0.382 e. The lowest BCUT2D eigenvalue weighted by molar-refractivity contribution is 0.0702. The van der Waals surface area contributed by atoms with E-state index in [4.69, 9.17) is 9.47 Å². The average molecular weight is 331 g/mol. The van der Waals surface area contributed by atoms with E-state index in [1.54, 1.807) is 7.11 Å². The van der Waals surface area contributed by atoms with Gasteiger partial charge >= 0.3 is 0 Å². The summed E-state index contributed by atoms with van der Waals surface area (Å²) in [5, 5.41) is 6.68.